The van der Waals surface area contributed by atoms with E-state index in [9.17, 15) is 4.79 Å². The van der Waals surface area contributed by atoms with Crippen LogP contribution in [-0.4, -0.2) is 38.3 Å². The van der Waals surface area contributed by atoms with Crippen molar-refractivity contribution in [3.8, 4) is 5.75 Å². The topological polar surface area (TPSA) is 59.6 Å². The normalized spacial score (nSPS) is 16.6. The molecule has 0 saturated carbocycles. The van der Waals surface area contributed by atoms with Crippen LogP contribution in [0.4, 0.5) is 5.69 Å². The van der Waals surface area contributed by atoms with Crippen molar-refractivity contribution in [3.05, 3.63) is 24.3 Å². The minimum Gasteiger partial charge on any atom is -0.489 e. The Kier molecular flexibility index (Phi) is 9.19. The van der Waals surface area contributed by atoms with Crippen molar-refractivity contribution >= 4 is 11.6 Å². The Morgan fingerprint density at radius 3 is 2.88 bits per heavy atom. The summed E-state index contributed by atoms with van der Waals surface area (Å²) >= 11 is 0. The van der Waals surface area contributed by atoms with Crippen molar-refractivity contribution in [2.45, 2.75) is 58.0 Å². The number of para-hydroxylation sites is 2. The number of hydrogen-bond acceptors (Lipinski definition) is 4. The van der Waals surface area contributed by atoms with E-state index in [0.29, 0.717) is 6.61 Å². The highest BCUT2D eigenvalue weighted by Crippen LogP contribution is 2.24. The van der Waals surface area contributed by atoms with Crippen molar-refractivity contribution in [1.82, 2.24) is 5.32 Å². The van der Waals surface area contributed by atoms with E-state index in [1.165, 1.54) is 25.7 Å². The van der Waals surface area contributed by atoms with Crippen LogP contribution in [0.2, 0.25) is 0 Å². The standard InChI is InChI=1S/C20H32N2O3/c1-2-3-4-5-8-13-21-20(23)15-22-18-11-6-7-12-19(18)25-16-17-10-9-14-24-17/h6-7,11-12,17,22H,2-5,8-10,13-16H2,1H3,(H,21,23). The molecular formula is C20H32N2O3. The summed E-state index contributed by atoms with van der Waals surface area (Å²) in [6.45, 7) is 4.60. The van der Waals surface area contributed by atoms with E-state index in [2.05, 4.69) is 17.6 Å². The smallest absolute Gasteiger partial charge is 0.239 e. The first-order chi connectivity index (χ1) is 12.3. The van der Waals surface area contributed by atoms with Gasteiger partial charge in [-0.05, 0) is 31.4 Å². The first-order valence-corrected chi connectivity index (χ1v) is 9.63. The number of carbonyl (C=O) groups excluding carboxylic acids is 1. The zero-order valence-corrected chi connectivity index (χ0v) is 15.4. The molecule has 1 heterocycles. The van der Waals surface area contributed by atoms with E-state index in [1.807, 2.05) is 24.3 Å². The molecule has 1 fully saturated rings. The van der Waals surface area contributed by atoms with Crippen LogP contribution in [0.1, 0.15) is 51.9 Å². The largest absolute Gasteiger partial charge is 0.489 e. The maximum atomic E-state index is 11.9. The zero-order chi connectivity index (χ0) is 17.7. The monoisotopic (exact) mass is 348 g/mol. The van der Waals surface area contributed by atoms with Crippen LogP contribution in [0.15, 0.2) is 24.3 Å². The Hall–Kier alpha value is -1.75. The van der Waals surface area contributed by atoms with Crippen LogP contribution < -0.4 is 15.4 Å². The summed E-state index contributed by atoms with van der Waals surface area (Å²) < 4.78 is 11.5. The van der Waals surface area contributed by atoms with Gasteiger partial charge in [0.15, 0.2) is 0 Å². The van der Waals surface area contributed by atoms with Crippen LogP contribution in [-0.2, 0) is 9.53 Å². The molecule has 1 saturated heterocycles. The summed E-state index contributed by atoms with van der Waals surface area (Å²) in [5.41, 5.74) is 0.846. The zero-order valence-electron chi connectivity index (χ0n) is 15.4. The third kappa shape index (κ3) is 7.78. The van der Waals surface area contributed by atoms with Gasteiger partial charge in [0.25, 0.3) is 0 Å². The summed E-state index contributed by atoms with van der Waals surface area (Å²) in [6.07, 6.45) is 8.34. The summed E-state index contributed by atoms with van der Waals surface area (Å²) in [4.78, 5) is 11.9. The lowest BCUT2D eigenvalue weighted by Gasteiger charge is -2.15. The molecule has 1 atom stereocenters. The predicted octanol–water partition coefficient (Wildman–Crippen LogP) is 3.74. The highest BCUT2D eigenvalue weighted by molar-refractivity contribution is 5.81. The van der Waals surface area contributed by atoms with Crippen LogP contribution in [0.25, 0.3) is 0 Å². The number of benzene rings is 1. The molecule has 1 aromatic rings. The van der Waals surface area contributed by atoms with Crippen molar-refractivity contribution in [3.63, 3.8) is 0 Å². The van der Waals surface area contributed by atoms with E-state index < -0.39 is 0 Å². The Bertz CT molecular complexity index is 501. The minimum atomic E-state index is 0.0180. The van der Waals surface area contributed by atoms with Crippen molar-refractivity contribution in [2.24, 2.45) is 0 Å². The average molecular weight is 348 g/mol. The molecule has 5 nitrogen and oxygen atoms in total. The second-order valence-corrected chi connectivity index (χ2v) is 6.56. The average Bonchev–Trinajstić information content (AvgIpc) is 3.15. The quantitative estimate of drug-likeness (QED) is 0.565. The summed E-state index contributed by atoms with van der Waals surface area (Å²) in [7, 11) is 0. The Morgan fingerprint density at radius 2 is 2.08 bits per heavy atom. The number of rotatable bonds is 12. The molecule has 0 radical (unpaired) electrons. The predicted molar refractivity (Wildman–Crippen MR) is 101 cm³/mol. The van der Waals surface area contributed by atoms with Gasteiger partial charge in [-0.25, -0.2) is 0 Å². The summed E-state index contributed by atoms with van der Waals surface area (Å²) in [5.74, 6) is 0.787. The maximum absolute atomic E-state index is 11.9. The molecule has 0 spiro atoms. The Morgan fingerprint density at radius 1 is 1.24 bits per heavy atom. The van der Waals surface area contributed by atoms with Crippen LogP contribution in [0.3, 0.4) is 0 Å². The number of ether oxygens (including phenoxy) is 2. The van der Waals surface area contributed by atoms with Gasteiger partial charge in [-0.15, -0.1) is 0 Å². The second-order valence-electron chi connectivity index (χ2n) is 6.56. The molecule has 1 aromatic carbocycles. The van der Waals surface area contributed by atoms with Gasteiger partial charge in [0.05, 0.1) is 18.3 Å². The fourth-order valence-corrected chi connectivity index (χ4v) is 2.89. The SMILES string of the molecule is CCCCCCCNC(=O)CNc1ccccc1OCC1CCCO1. The highest BCUT2D eigenvalue weighted by atomic mass is 16.5. The van der Waals surface area contributed by atoms with Gasteiger partial charge >= 0.3 is 0 Å². The molecule has 0 aliphatic carbocycles. The van der Waals surface area contributed by atoms with Gasteiger partial charge in [-0.1, -0.05) is 44.7 Å². The number of anilines is 1. The third-order valence-corrected chi connectivity index (χ3v) is 4.38. The highest BCUT2D eigenvalue weighted by Gasteiger charge is 2.16. The molecule has 2 N–H and O–H groups in total. The molecule has 0 bridgehead atoms. The number of nitrogens with one attached hydrogen (secondary N) is 2. The fourth-order valence-electron chi connectivity index (χ4n) is 2.89. The molecule has 5 heteroatoms. The van der Waals surface area contributed by atoms with Gasteiger partial charge < -0.3 is 20.1 Å². The lowest BCUT2D eigenvalue weighted by Crippen LogP contribution is -2.30. The maximum Gasteiger partial charge on any atom is 0.239 e. The van der Waals surface area contributed by atoms with E-state index in [4.69, 9.17) is 9.47 Å². The molecule has 1 unspecified atom stereocenters. The fraction of sp³-hybridized carbons (Fsp3) is 0.650. The molecule has 140 valence electrons. The van der Waals surface area contributed by atoms with E-state index in [0.717, 1.165) is 43.9 Å². The summed E-state index contributed by atoms with van der Waals surface area (Å²) in [6, 6.07) is 7.73. The van der Waals surface area contributed by atoms with Gasteiger partial charge in [-0.2, -0.15) is 0 Å². The van der Waals surface area contributed by atoms with Gasteiger partial charge in [0.1, 0.15) is 12.4 Å². The molecule has 0 aromatic heterocycles. The number of carbonyl (C=O) groups is 1. The number of amides is 1. The minimum absolute atomic E-state index is 0.0180. The molecule has 1 amide bonds. The lowest BCUT2D eigenvalue weighted by atomic mass is 10.1. The van der Waals surface area contributed by atoms with Gasteiger partial charge in [0, 0.05) is 13.2 Å². The first kappa shape index (κ1) is 19.6. The van der Waals surface area contributed by atoms with E-state index in [-0.39, 0.29) is 18.6 Å². The van der Waals surface area contributed by atoms with Gasteiger partial charge in [0.2, 0.25) is 5.91 Å². The van der Waals surface area contributed by atoms with E-state index in [1.54, 1.807) is 0 Å². The van der Waals surface area contributed by atoms with Crippen molar-refractivity contribution in [1.29, 1.82) is 0 Å². The number of hydrogen-bond donors (Lipinski definition) is 2. The second kappa shape index (κ2) is 11.7. The summed E-state index contributed by atoms with van der Waals surface area (Å²) in [5, 5.41) is 6.14. The molecular weight excluding hydrogens is 316 g/mol. The van der Waals surface area contributed by atoms with Gasteiger partial charge in [-0.3, -0.25) is 4.79 Å². The molecule has 25 heavy (non-hydrogen) atoms. The van der Waals surface area contributed by atoms with Crippen LogP contribution in [0, 0.1) is 0 Å². The van der Waals surface area contributed by atoms with Crippen molar-refractivity contribution < 1.29 is 14.3 Å². The Balaban J connectivity index is 1.66. The van der Waals surface area contributed by atoms with Crippen LogP contribution in [0.5, 0.6) is 5.75 Å². The Labute approximate surface area is 151 Å². The number of unbranched alkanes of at least 4 members (excludes halogenated alkanes) is 4. The van der Waals surface area contributed by atoms with Crippen molar-refractivity contribution in [2.75, 3.05) is 31.6 Å². The third-order valence-electron chi connectivity index (χ3n) is 4.38. The molecule has 1 aliphatic heterocycles. The van der Waals surface area contributed by atoms with E-state index >= 15 is 0 Å². The molecule has 1 aliphatic rings. The lowest BCUT2D eigenvalue weighted by molar-refractivity contribution is -0.119. The van der Waals surface area contributed by atoms with Crippen LogP contribution >= 0.6 is 0 Å². The first-order valence-electron chi connectivity index (χ1n) is 9.63. The molecule has 2 rings (SSSR count).